The molecule has 0 saturated heterocycles. The molecule has 0 aliphatic carbocycles. The van der Waals surface area contributed by atoms with Crippen molar-refractivity contribution in [3.8, 4) is 0 Å². The lowest BCUT2D eigenvalue weighted by Gasteiger charge is -2.09. The lowest BCUT2D eigenvalue weighted by molar-refractivity contribution is 0.682. The number of anilines is 1. The number of fused-ring (bicyclic) bond motifs is 2. The van der Waals surface area contributed by atoms with Crippen LogP contribution in [0.1, 0.15) is 12.2 Å². The molecular formula is C18H20N6. The van der Waals surface area contributed by atoms with Gasteiger partial charge in [0, 0.05) is 31.9 Å². The van der Waals surface area contributed by atoms with Gasteiger partial charge in [0.2, 0.25) is 0 Å². The van der Waals surface area contributed by atoms with Gasteiger partial charge in [-0.2, -0.15) is 5.10 Å². The summed E-state index contributed by atoms with van der Waals surface area (Å²) in [6.07, 6.45) is 4.98. The van der Waals surface area contributed by atoms with Crippen LogP contribution < -0.4 is 5.32 Å². The molecule has 4 rings (SSSR count). The molecular weight excluding hydrogens is 300 g/mol. The molecule has 3 heterocycles. The number of benzene rings is 1. The fraction of sp³-hybridized carbons (Fsp3) is 0.278. The first-order valence-corrected chi connectivity index (χ1v) is 8.16. The number of aryl methyl sites for hydroxylation is 3. The van der Waals surface area contributed by atoms with Gasteiger partial charge in [-0.15, -0.1) is 0 Å². The first kappa shape index (κ1) is 14.7. The second-order valence-electron chi connectivity index (χ2n) is 5.97. The smallest absolute Gasteiger partial charge is 0.163 e. The highest BCUT2D eigenvalue weighted by Gasteiger charge is 2.09. The van der Waals surface area contributed by atoms with Crippen LogP contribution in [0, 0.1) is 6.92 Å². The van der Waals surface area contributed by atoms with Crippen molar-refractivity contribution < 1.29 is 0 Å². The summed E-state index contributed by atoms with van der Waals surface area (Å²) in [5.41, 5.74) is 2.14. The fourth-order valence-electron chi connectivity index (χ4n) is 3.06. The zero-order chi connectivity index (χ0) is 16.5. The molecule has 0 aliphatic rings. The van der Waals surface area contributed by atoms with Gasteiger partial charge in [-0.25, -0.2) is 9.97 Å². The van der Waals surface area contributed by atoms with Crippen LogP contribution in [0.25, 0.3) is 21.9 Å². The van der Waals surface area contributed by atoms with E-state index in [0.29, 0.717) is 0 Å². The summed E-state index contributed by atoms with van der Waals surface area (Å²) in [5, 5.41) is 9.96. The fourth-order valence-corrected chi connectivity index (χ4v) is 3.06. The number of nitrogens with zero attached hydrogens (tertiary/aromatic N) is 5. The van der Waals surface area contributed by atoms with Crippen LogP contribution in [0.2, 0.25) is 0 Å². The van der Waals surface area contributed by atoms with Crippen LogP contribution in [0.15, 0.2) is 42.7 Å². The van der Waals surface area contributed by atoms with Crippen LogP contribution in [0.3, 0.4) is 0 Å². The van der Waals surface area contributed by atoms with E-state index in [0.717, 1.165) is 42.2 Å². The van der Waals surface area contributed by atoms with Gasteiger partial charge < -0.3 is 9.88 Å². The van der Waals surface area contributed by atoms with E-state index in [-0.39, 0.29) is 0 Å². The summed E-state index contributed by atoms with van der Waals surface area (Å²) in [6.45, 7) is 3.73. The van der Waals surface area contributed by atoms with Crippen molar-refractivity contribution in [1.82, 2.24) is 24.3 Å². The van der Waals surface area contributed by atoms with E-state index in [1.54, 1.807) is 4.68 Å². The molecule has 4 aromatic rings. The minimum Gasteiger partial charge on any atom is -0.369 e. The molecule has 0 fully saturated rings. The average molecular weight is 320 g/mol. The minimum absolute atomic E-state index is 0.755. The van der Waals surface area contributed by atoms with Gasteiger partial charge in [0.15, 0.2) is 5.65 Å². The van der Waals surface area contributed by atoms with Crippen LogP contribution in [-0.2, 0) is 13.6 Å². The van der Waals surface area contributed by atoms with Crippen molar-refractivity contribution in [2.24, 2.45) is 7.05 Å². The maximum atomic E-state index is 4.52. The highest BCUT2D eigenvalue weighted by molar-refractivity contribution is 5.86. The van der Waals surface area contributed by atoms with Crippen LogP contribution in [0.5, 0.6) is 0 Å². The third kappa shape index (κ3) is 2.60. The summed E-state index contributed by atoms with van der Waals surface area (Å²) in [5.74, 6) is 1.62. The van der Waals surface area contributed by atoms with Gasteiger partial charge in [-0.3, -0.25) is 4.68 Å². The monoisotopic (exact) mass is 320 g/mol. The second-order valence-corrected chi connectivity index (χ2v) is 5.97. The quantitative estimate of drug-likeness (QED) is 0.574. The summed E-state index contributed by atoms with van der Waals surface area (Å²) in [6, 6.07) is 10.6. The minimum atomic E-state index is 0.755. The predicted octanol–water partition coefficient (Wildman–Crippen LogP) is 3.13. The van der Waals surface area contributed by atoms with Gasteiger partial charge in [-0.1, -0.05) is 18.2 Å². The number of hydrogen-bond acceptors (Lipinski definition) is 4. The van der Waals surface area contributed by atoms with E-state index in [9.17, 15) is 0 Å². The molecule has 0 atom stereocenters. The number of aromatic nitrogens is 5. The Bertz CT molecular complexity index is 997. The first-order valence-electron chi connectivity index (χ1n) is 8.16. The van der Waals surface area contributed by atoms with E-state index in [1.165, 1.54) is 10.9 Å². The topological polar surface area (TPSA) is 60.6 Å². The van der Waals surface area contributed by atoms with Gasteiger partial charge in [0.1, 0.15) is 11.6 Å². The summed E-state index contributed by atoms with van der Waals surface area (Å²) in [4.78, 5) is 8.96. The molecule has 0 spiro atoms. The molecule has 0 bridgehead atoms. The molecule has 1 aromatic carbocycles. The Kier molecular flexibility index (Phi) is 3.65. The Balaban J connectivity index is 1.44. The molecule has 0 amide bonds. The number of hydrogen-bond donors (Lipinski definition) is 1. The standard InChI is InChI=1S/C18H20N6/c1-13-21-17(15-12-20-23(2)18(15)22-13)19-9-5-10-24-11-8-14-6-3-4-7-16(14)24/h3-4,6-8,11-12H,5,9-10H2,1-2H3,(H,19,21,22). The summed E-state index contributed by atoms with van der Waals surface area (Å²) >= 11 is 0. The molecule has 1 N–H and O–H groups in total. The molecule has 6 heteroatoms. The van der Waals surface area contributed by atoms with Crippen molar-refractivity contribution in [3.05, 3.63) is 48.5 Å². The van der Waals surface area contributed by atoms with Crippen molar-refractivity contribution >= 4 is 27.8 Å². The molecule has 3 aromatic heterocycles. The summed E-state index contributed by atoms with van der Waals surface area (Å²) in [7, 11) is 1.90. The Hall–Kier alpha value is -2.89. The maximum absolute atomic E-state index is 4.52. The van der Waals surface area contributed by atoms with Gasteiger partial charge >= 0.3 is 0 Å². The summed E-state index contributed by atoms with van der Waals surface area (Å²) < 4.78 is 4.07. The van der Waals surface area contributed by atoms with Crippen molar-refractivity contribution in [1.29, 1.82) is 0 Å². The lowest BCUT2D eigenvalue weighted by atomic mass is 10.2. The number of para-hydroxylation sites is 1. The maximum Gasteiger partial charge on any atom is 0.163 e. The molecule has 0 radical (unpaired) electrons. The Labute approximate surface area is 140 Å². The van der Waals surface area contributed by atoms with E-state index in [4.69, 9.17) is 0 Å². The SMILES string of the molecule is Cc1nc(NCCCn2ccc3ccccc32)c2cnn(C)c2n1. The second kappa shape index (κ2) is 5.96. The highest BCUT2D eigenvalue weighted by Crippen LogP contribution is 2.19. The Morgan fingerprint density at radius 1 is 1.12 bits per heavy atom. The molecule has 122 valence electrons. The molecule has 24 heavy (non-hydrogen) atoms. The van der Waals surface area contributed by atoms with Crippen LogP contribution in [-0.4, -0.2) is 30.9 Å². The van der Waals surface area contributed by atoms with E-state index < -0.39 is 0 Å². The normalized spacial score (nSPS) is 11.4. The largest absolute Gasteiger partial charge is 0.369 e. The number of rotatable bonds is 5. The van der Waals surface area contributed by atoms with E-state index >= 15 is 0 Å². The van der Waals surface area contributed by atoms with Gasteiger partial charge in [-0.05, 0) is 30.9 Å². The van der Waals surface area contributed by atoms with Crippen molar-refractivity contribution in [3.63, 3.8) is 0 Å². The Morgan fingerprint density at radius 3 is 2.92 bits per heavy atom. The first-order chi connectivity index (χ1) is 11.7. The third-order valence-electron chi connectivity index (χ3n) is 4.25. The number of nitrogens with one attached hydrogen (secondary N) is 1. The average Bonchev–Trinajstić information content (AvgIpc) is 3.16. The highest BCUT2D eigenvalue weighted by atomic mass is 15.3. The van der Waals surface area contributed by atoms with E-state index in [2.05, 4.69) is 61.5 Å². The van der Waals surface area contributed by atoms with Crippen molar-refractivity contribution in [2.75, 3.05) is 11.9 Å². The molecule has 0 saturated carbocycles. The van der Waals surface area contributed by atoms with Crippen molar-refractivity contribution in [2.45, 2.75) is 19.9 Å². The molecule has 0 unspecified atom stereocenters. The van der Waals surface area contributed by atoms with E-state index in [1.807, 2.05) is 20.2 Å². The molecule has 6 nitrogen and oxygen atoms in total. The zero-order valence-electron chi connectivity index (χ0n) is 13.9. The third-order valence-corrected chi connectivity index (χ3v) is 4.25. The van der Waals surface area contributed by atoms with Crippen LogP contribution >= 0.6 is 0 Å². The molecule has 0 aliphatic heterocycles. The van der Waals surface area contributed by atoms with Gasteiger partial charge in [0.25, 0.3) is 0 Å². The zero-order valence-corrected chi connectivity index (χ0v) is 13.9. The predicted molar refractivity (Wildman–Crippen MR) is 96.1 cm³/mol. The van der Waals surface area contributed by atoms with Crippen LogP contribution in [0.4, 0.5) is 5.82 Å². The Morgan fingerprint density at radius 2 is 2.00 bits per heavy atom. The van der Waals surface area contributed by atoms with Gasteiger partial charge in [0.05, 0.1) is 11.6 Å². The lowest BCUT2D eigenvalue weighted by Crippen LogP contribution is -2.08.